The Bertz CT molecular complexity index is 951. The molecular formula is C23H18. The fourth-order valence-corrected chi connectivity index (χ4v) is 3.09. The summed E-state index contributed by atoms with van der Waals surface area (Å²) >= 11 is 0. The lowest BCUT2D eigenvalue weighted by Crippen LogP contribution is -1.83. The number of rotatable bonds is 2. The molecule has 4 aromatic rings. The third-order valence-corrected chi connectivity index (χ3v) is 4.33. The van der Waals surface area contributed by atoms with E-state index in [9.17, 15) is 0 Å². The third kappa shape index (κ3) is 2.64. The van der Waals surface area contributed by atoms with Crippen LogP contribution in [0.1, 0.15) is 16.7 Å². The highest BCUT2D eigenvalue weighted by Crippen LogP contribution is 2.29. The predicted molar refractivity (Wildman–Crippen MR) is 102 cm³/mol. The summed E-state index contributed by atoms with van der Waals surface area (Å²) in [6.07, 6.45) is 4.45. The predicted octanol–water partition coefficient (Wildman–Crippen LogP) is 6.47. The lowest BCUT2D eigenvalue weighted by Gasteiger charge is -2.08. The summed E-state index contributed by atoms with van der Waals surface area (Å²) in [7, 11) is 0. The summed E-state index contributed by atoms with van der Waals surface area (Å²) in [6.45, 7) is 2.12. The Morgan fingerprint density at radius 1 is 0.609 bits per heavy atom. The van der Waals surface area contributed by atoms with Crippen LogP contribution < -0.4 is 0 Å². The van der Waals surface area contributed by atoms with Gasteiger partial charge in [0, 0.05) is 0 Å². The van der Waals surface area contributed by atoms with Crippen LogP contribution >= 0.6 is 0 Å². The van der Waals surface area contributed by atoms with E-state index in [4.69, 9.17) is 0 Å². The molecule has 0 atom stereocenters. The molecule has 0 aliphatic carbocycles. The summed E-state index contributed by atoms with van der Waals surface area (Å²) < 4.78 is 0. The Kier molecular flexibility index (Phi) is 3.44. The highest BCUT2D eigenvalue weighted by molar-refractivity contribution is 6.07. The highest BCUT2D eigenvalue weighted by atomic mass is 14.1. The molecule has 0 saturated heterocycles. The molecule has 0 amide bonds. The smallest absolute Gasteiger partial charge is 0.00992 e. The fourth-order valence-electron chi connectivity index (χ4n) is 3.09. The van der Waals surface area contributed by atoms with Crippen LogP contribution in [0.25, 0.3) is 33.7 Å². The Balaban J connectivity index is 1.93. The molecule has 4 rings (SSSR count). The lowest BCUT2D eigenvalue weighted by molar-refractivity contribution is 1.46. The molecule has 0 saturated carbocycles. The zero-order chi connectivity index (χ0) is 15.6. The monoisotopic (exact) mass is 294 g/mol. The third-order valence-electron chi connectivity index (χ3n) is 4.33. The van der Waals surface area contributed by atoms with Gasteiger partial charge >= 0.3 is 0 Å². The van der Waals surface area contributed by atoms with Gasteiger partial charge in [-0.1, -0.05) is 90.5 Å². The minimum absolute atomic E-state index is 1.23. The molecule has 0 heterocycles. The van der Waals surface area contributed by atoms with Gasteiger partial charge in [0.05, 0.1) is 0 Å². The molecular weight excluding hydrogens is 276 g/mol. The summed E-state index contributed by atoms with van der Waals surface area (Å²) in [5, 5.41) is 5.17. The summed E-state index contributed by atoms with van der Waals surface area (Å²) in [5.41, 5.74) is 3.81. The Hall–Kier alpha value is -2.86. The van der Waals surface area contributed by atoms with Gasteiger partial charge in [-0.15, -0.1) is 0 Å². The van der Waals surface area contributed by atoms with Crippen LogP contribution in [0.4, 0.5) is 0 Å². The quantitative estimate of drug-likeness (QED) is 0.293. The second-order valence-electron chi connectivity index (χ2n) is 5.98. The van der Waals surface area contributed by atoms with E-state index in [0.29, 0.717) is 0 Å². The van der Waals surface area contributed by atoms with Gasteiger partial charge in [-0.05, 0) is 45.7 Å². The van der Waals surface area contributed by atoms with E-state index in [1.807, 2.05) is 0 Å². The van der Waals surface area contributed by atoms with Crippen LogP contribution in [0.3, 0.4) is 0 Å². The van der Waals surface area contributed by atoms with Gasteiger partial charge in [0.1, 0.15) is 0 Å². The van der Waals surface area contributed by atoms with E-state index >= 15 is 0 Å². The molecule has 0 aliphatic heterocycles. The van der Waals surface area contributed by atoms with Crippen molar-refractivity contribution >= 4 is 33.7 Å². The van der Waals surface area contributed by atoms with Gasteiger partial charge in [0.2, 0.25) is 0 Å². The average Bonchev–Trinajstić information content (AvgIpc) is 2.60. The van der Waals surface area contributed by atoms with Crippen LogP contribution in [0.2, 0.25) is 0 Å². The maximum atomic E-state index is 2.27. The topological polar surface area (TPSA) is 0 Å². The van der Waals surface area contributed by atoms with Crippen molar-refractivity contribution in [2.45, 2.75) is 6.92 Å². The Morgan fingerprint density at radius 3 is 1.78 bits per heavy atom. The van der Waals surface area contributed by atoms with Crippen LogP contribution in [-0.2, 0) is 0 Å². The molecule has 0 aliphatic rings. The minimum Gasteiger partial charge on any atom is -0.0616 e. The normalized spacial score (nSPS) is 11.5. The van der Waals surface area contributed by atoms with Gasteiger partial charge < -0.3 is 0 Å². The number of hydrogen-bond donors (Lipinski definition) is 0. The fraction of sp³-hybridized carbons (Fsp3) is 0.0435. The Labute approximate surface area is 136 Å². The van der Waals surface area contributed by atoms with Crippen molar-refractivity contribution in [2.75, 3.05) is 0 Å². The van der Waals surface area contributed by atoms with Crippen molar-refractivity contribution in [1.29, 1.82) is 0 Å². The maximum absolute atomic E-state index is 2.27. The van der Waals surface area contributed by atoms with Gasteiger partial charge in [-0.3, -0.25) is 0 Å². The molecule has 0 radical (unpaired) electrons. The van der Waals surface area contributed by atoms with E-state index < -0.39 is 0 Å². The van der Waals surface area contributed by atoms with E-state index in [-0.39, 0.29) is 0 Å². The standard InChI is InChI=1S/C23H18/c1-17-10-12-18(13-11-17)14-15-23-21-8-4-2-6-19(21)16-20-7-3-5-9-22(20)23/h2-16H,1H3. The van der Waals surface area contributed by atoms with E-state index in [2.05, 4.69) is 97.9 Å². The number of fused-ring (bicyclic) bond motifs is 2. The van der Waals surface area contributed by atoms with Gasteiger partial charge in [-0.2, -0.15) is 0 Å². The van der Waals surface area contributed by atoms with Crippen LogP contribution in [-0.4, -0.2) is 0 Å². The average molecular weight is 294 g/mol. The molecule has 0 bridgehead atoms. The second-order valence-corrected chi connectivity index (χ2v) is 5.98. The van der Waals surface area contributed by atoms with Gasteiger partial charge in [0.15, 0.2) is 0 Å². The van der Waals surface area contributed by atoms with E-state index in [1.54, 1.807) is 0 Å². The summed E-state index contributed by atoms with van der Waals surface area (Å²) in [5.74, 6) is 0. The molecule has 0 spiro atoms. The first kappa shape index (κ1) is 13.8. The van der Waals surface area contributed by atoms with Crippen molar-refractivity contribution in [1.82, 2.24) is 0 Å². The molecule has 0 unspecified atom stereocenters. The number of benzene rings is 4. The highest BCUT2D eigenvalue weighted by Gasteiger charge is 2.04. The van der Waals surface area contributed by atoms with Crippen molar-refractivity contribution in [2.24, 2.45) is 0 Å². The van der Waals surface area contributed by atoms with Crippen molar-refractivity contribution < 1.29 is 0 Å². The molecule has 0 heteroatoms. The molecule has 0 fully saturated rings. The van der Waals surface area contributed by atoms with Crippen molar-refractivity contribution in [3.63, 3.8) is 0 Å². The van der Waals surface area contributed by atoms with Crippen molar-refractivity contribution in [3.05, 3.63) is 95.6 Å². The van der Waals surface area contributed by atoms with Crippen LogP contribution in [0.15, 0.2) is 78.9 Å². The first-order valence-electron chi connectivity index (χ1n) is 7.96. The van der Waals surface area contributed by atoms with E-state index in [1.165, 1.54) is 38.2 Å². The summed E-state index contributed by atoms with van der Waals surface area (Å²) in [6, 6.07) is 28.1. The zero-order valence-electron chi connectivity index (χ0n) is 13.2. The molecule has 0 nitrogen and oxygen atoms in total. The molecule has 0 N–H and O–H groups in total. The number of aryl methyl sites for hydroxylation is 1. The summed E-state index contributed by atoms with van der Waals surface area (Å²) in [4.78, 5) is 0. The van der Waals surface area contributed by atoms with Crippen molar-refractivity contribution in [3.8, 4) is 0 Å². The first-order valence-corrected chi connectivity index (χ1v) is 7.96. The molecule has 4 aromatic carbocycles. The SMILES string of the molecule is Cc1ccc(C=Cc2c3ccccc3cc3ccccc23)cc1. The second kappa shape index (κ2) is 5.73. The molecule has 110 valence electrons. The van der Waals surface area contributed by atoms with Crippen LogP contribution in [0.5, 0.6) is 0 Å². The van der Waals surface area contributed by atoms with Crippen LogP contribution in [0, 0.1) is 6.92 Å². The zero-order valence-corrected chi connectivity index (χ0v) is 13.2. The first-order chi connectivity index (χ1) is 11.3. The largest absolute Gasteiger partial charge is 0.0616 e. The Morgan fingerprint density at radius 2 is 1.17 bits per heavy atom. The lowest BCUT2D eigenvalue weighted by atomic mass is 9.96. The van der Waals surface area contributed by atoms with E-state index in [0.717, 1.165) is 0 Å². The molecule has 23 heavy (non-hydrogen) atoms. The molecule has 0 aromatic heterocycles. The number of hydrogen-bond acceptors (Lipinski definition) is 0. The van der Waals surface area contributed by atoms with Gasteiger partial charge in [0.25, 0.3) is 0 Å². The minimum atomic E-state index is 1.23. The van der Waals surface area contributed by atoms with Gasteiger partial charge in [-0.25, -0.2) is 0 Å². The maximum Gasteiger partial charge on any atom is -0.00992 e.